The van der Waals surface area contributed by atoms with E-state index in [4.69, 9.17) is 15.9 Å². The Labute approximate surface area is 107 Å². The predicted molar refractivity (Wildman–Crippen MR) is 68.7 cm³/mol. The summed E-state index contributed by atoms with van der Waals surface area (Å²) in [5.74, 6) is 2.85. The quantitative estimate of drug-likeness (QED) is 0.771. The highest BCUT2D eigenvalue weighted by atomic mass is 16.5. The van der Waals surface area contributed by atoms with E-state index in [1.165, 1.54) is 0 Å². The number of aromatic nitrogens is 3. The van der Waals surface area contributed by atoms with Crippen LogP contribution in [0, 0.1) is 12.3 Å². The molecule has 1 aromatic heterocycles. The van der Waals surface area contributed by atoms with Crippen LogP contribution in [-0.2, 0) is 0 Å². The van der Waals surface area contributed by atoms with Crippen LogP contribution in [0.4, 0.5) is 5.95 Å². The zero-order valence-corrected chi connectivity index (χ0v) is 11.1. The lowest BCUT2D eigenvalue weighted by Crippen LogP contribution is -2.15. The van der Waals surface area contributed by atoms with E-state index in [9.17, 15) is 0 Å². The third-order valence-corrected chi connectivity index (χ3v) is 1.79. The van der Waals surface area contributed by atoms with Crippen LogP contribution in [0.3, 0.4) is 0 Å². The predicted octanol–water partition coefficient (Wildman–Crippen LogP) is 1.49. The number of rotatable bonds is 6. The number of anilines is 1. The molecule has 1 rings (SSSR count). The van der Waals surface area contributed by atoms with Crippen molar-refractivity contribution in [2.24, 2.45) is 0 Å². The monoisotopic (exact) mass is 250 g/mol. The molecule has 0 bridgehead atoms. The average molecular weight is 250 g/mol. The number of nitrogens with zero attached hydrogens (tertiary/aromatic N) is 3. The van der Waals surface area contributed by atoms with Gasteiger partial charge in [-0.1, -0.05) is 5.92 Å². The summed E-state index contributed by atoms with van der Waals surface area (Å²) >= 11 is 0. The summed E-state index contributed by atoms with van der Waals surface area (Å²) in [6.45, 7) is 8.15. The van der Waals surface area contributed by atoms with Gasteiger partial charge in [0.2, 0.25) is 5.95 Å². The van der Waals surface area contributed by atoms with Crippen LogP contribution in [0.2, 0.25) is 0 Å². The number of hydrogen-bond donors (Lipinski definition) is 1. The number of hydrogen-bond acceptors (Lipinski definition) is 6. The first-order chi connectivity index (χ1) is 8.55. The second-order valence-electron chi connectivity index (χ2n) is 3.85. The van der Waals surface area contributed by atoms with E-state index in [0.717, 1.165) is 0 Å². The Hall–Kier alpha value is -2.03. The first kappa shape index (κ1) is 14.0. The lowest BCUT2D eigenvalue weighted by molar-refractivity contribution is 0.208. The molecule has 98 valence electrons. The van der Waals surface area contributed by atoms with E-state index in [2.05, 4.69) is 26.2 Å². The average Bonchev–Trinajstić information content (AvgIpc) is 2.28. The first-order valence-electron chi connectivity index (χ1n) is 5.84. The molecule has 0 aromatic carbocycles. The Morgan fingerprint density at radius 2 is 1.78 bits per heavy atom. The van der Waals surface area contributed by atoms with Crippen molar-refractivity contribution in [1.82, 2.24) is 15.0 Å². The number of ether oxygens (including phenoxy) is 2. The van der Waals surface area contributed by atoms with Gasteiger partial charge in [-0.15, -0.1) is 11.4 Å². The molecule has 0 amide bonds. The number of terminal acetylenes is 1. The van der Waals surface area contributed by atoms with Gasteiger partial charge in [-0.3, -0.25) is 0 Å². The number of nitrogens with one attached hydrogen (secondary N) is 1. The lowest BCUT2D eigenvalue weighted by Gasteiger charge is -2.12. The van der Waals surface area contributed by atoms with Crippen LogP contribution in [0.5, 0.6) is 12.0 Å². The molecule has 0 aliphatic heterocycles. The minimum absolute atomic E-state index is 0.0280. The lowest BCUT2D eigenvalue weighted by atomic mass is 10.4. The summed E-state index contributed by atoms with van der Waals surface area (Å²) in [5.41, 5.74) is 0. The van der Waals surface area contributed by atoms with Crippen LogP contribution in [0.15, 0.2) is 0 Å². The van der Waals surface area contributed by atoms with E-state index in [1.54, 1.807) is 6.92 Å². The molecular formula is C12H18N4O2. The molecule has 6 heteroatoms. The largest absolute Gasteiger partial charge is 0.461 e. The summed E-state index contributed by atoms with van der Waals surface area (Å²) in [4.78, 5) is 12.2. The van der Waals surface area contributed by atoms with Gasteiger partial charge in [0.15, 0.2) is 6.10 Å². The van der Waals surface area contributed by atoms with E-state index in [1.807, 2.05) is 20.8 Å². The smallest absolute Gasteiger partial charge is 0.325 e. The molecule has 0 fully saturated rings. The van der Waals surface area contributed by atoms with E-state index < -0.39 is 6.10 Å². The fourth-order valence-electron chi connectivity index (χ4n) is 1.08. The maximum absolute atomic E-state index is 5.42. The van der Waals surface area contributed by atoms with Crippen molar-refractivity contribution in [3.8, 4) is 24.4 Å². The van der Waals surface area contributed by atoms with Crippen LogP contribution < -0.4 is 14.8 Å². The minimum atomic E-state index is -0.409. The van der Waals surface area contributed by atoms with Crippen molar-refractivity contribution < 1.29 is 9.47 Å². The maximum atomic E-state index is 5.42. The Morgan fingerprint density at radius 1 is 1.17 bits per heavy atom. The molecule has 0 saturated carbocycles. The molecule has 6 nitrogen and oxygen atoms in total. The van der Waals surface area contributed by atoms with E-state index >= 15 is 0 Å². The van der Waals surface area contributed by atoms with Gasteiger partial charge in [0.25, 0.3) is 0 Å². The highest BCUT2D eigenvalue weighted by molar-refractivity contribution is 5.27. The molecule has 0 saturated heterocycles. The zero-order chi connectivity index (χ0) is 13.5. The fraction of sp³-hybridized carbons (Fsp3) is 0.583. The van der Waals surface area contributed by atoms with Crippen molar-refractivity contribution >= 4 is 5.95 Å². The molecule has 1 N–H and O–H groups in total. The van der Waals surface area contributed by atoms with Crippen molar-refractivity contribution in [3.63, 3.8) is 0 Å². The summed E-state index contributed by atoms with van der Waals surface area (Å²) < 4.78 is 10.8. The van der Waals surface area contributed by atoms with Gasteiger partial charge in [-0.25, -0.2) is 0 Å². The Balaban J connectivity index is 2.94. The van der Waals surface area contributed by atoms with Gasteiger partial charge in [-0.2, -0.15) is 9.97 Å². The van der Waals surface area contributed by atoms with E-state index in [0.29, 0.717) is 12.5 Å². The second kappa shape index (κ2) is 6.64. The normalized spacial score (nSPS) is 11.8. The van der Waals surface area contributed by atoms with Gasteiger partial charge in [0.05, 0.1) is 6.10 Å². The van der Waals surface area contributed by atoms with Gasteiger partial charge in [0.1, 0.15) is 0 Å². The Bertz CT molecular complexity index is 429. The fourth-order valence-corrected chi connectivity index (χ4v) is 1.08. The van der Waals surface area contributed by atoms with Gasteiger partial charge < -0.3 is 14.8 Å². The van der Waals surface area contributed by atoms with Crippen molar-refractivity contribution in [1.29, 1.82) is 0 Å². The molecule has 0 radical (unpaired) electrons. The summed E-state index contributed by atoms with van der Waals surface area (Å²) in [6, 6.07) is 0.372. The highest BCUT2D eigenvalue weighted by Gasteiger charge is 2.11. The Kier molecular flexibility index (Phi) is 5.18. The Morgan fingerprint density at radius 3 is 2.28 bits per heavy atom. The molecule has 1 heterocycles. The molecule has 1 unspecified atom stereocenters. The third-order valence-electron chi connectivity index (χ3n) is 1.79. The van der Waals surface area contributed by atoms with Gasteiger partial charge >= 0.3 is 12.0 Å². The zero-order valence-electron chi connectivity index (χ0n) is 11.1. The van der Waals surface area contributed by atoms with Crippen LogP contribution >= 0.6 is 0 Å². The van der Waals surface area contributed by atoms with Crippen LogP contribution in [0.1, 0.15) is 27.7 Å². The topological polar surface area (TPSA) is 69.2 Å². The highest BCUT2D eigenvalue weighted by Crippen LogP contribution is 2.14. The van der Waals surface area contributed by atoms with E-state index in [-0.39, 0.29) is 18.1 Å². The summed E-state index contributed by atoms with van der Waals surface area (Å²) in [6.07, 6.45) is 4.81. The second-order valence-corrected chi connectivity index (χ2v) is 3.85. The summed E-state index contributed by atoms with van der Waals surface area (Å²) in [7, 11) is 0. The van der Waals surface area contributed by atoms with Crippen LogP contribution in [-0.4, -0.2) is 33.7 Å². The molecule has 1 atom stereocenters. The minimum Gasteiger partial charge on any atom is -0.461 e. The van der Waals surface area contributed by atoms with Gasteiger partial charge in [-0.05, 0) is 27.7 Å². The van der Waals surface area contributed by atoms with Crippen molar-refractivity contribution in [2.45, 2.75) is 39.9 Å². The third kappa shape index (κ3) is 4.45. The molecular weight excluding hydrogens is 232 g/mol. The van der Waals surface area contributed by atoms with Crippen molar-refractivity contribution in [2.75, 3.05) is 11.9 Å². The molecule has 1 aromatic rings. The SMILES string of the molecule is C#CC(C)Oc1nc(NCC)nc(OC(C)C)n1. The van der Waals surface area contributed by atoms with Crippen molar-refractivity contribution in [3.05, 3.63) is 0 Å². The van der Waals surface area contributed by atoms with Gasteiger partial charge in [0, 0.05) is 6.54 Å². The molecule has 0 aliphatic rings. The maximum Gasteiger partial charge on any atom is 0.325 e. The molecule has 0 spiro atoms. The van der Waals surface area contributed by atoms with Crippen LogP contribution in [0.25, 0.3) is 0 Å². The summed E-state index contributed by atoms with van der Waals surface area (Å²) in [5, 5.41) is 2.98. The molecule has 0 aliphatic carbocycles. The first-order valence-corrected chi connectivity index (χ1v) is 5.84. The molecule has 18 heavy (non-hydrogen) atoms. The standard InChI is InChI=1S/C12H18N4O2/c1-6-9(5)18-12-15-10(13-7-2)14-11(16-12)17-8(3)4/h1,8-9H,7H2,2-5H3,(H,13,14,15,16).